The van der Waals surface area contributed by atoms with Crippen LogP contribution >= 0.6 is 0 Å². The molecule has 10 heteroatoms. The molecule has 0 radical (unpaired) electrons. The van der Waals surface area contributed by atoms with E-state index in [1.165, 1.54) is 12.1 Å². The molecule has 3 aromatic carbocycles. The maximum absolute atomic E-state index is 14.2. The molecule has 7 rings (SSSR count). The van der Waals surface area contributed by atoms with E-state index < -0.39 is 17.5 Å². The standard InChI is InChI=1S/C30H23F3N4O3/c1-16(27-35-29(38)40-36-27)26-21-8-6-17(10-18(21)15-39-25-11-20(31)7-9-22(25)26)14-37-24-5-3-2-4-23(24)34-28(37)19-12-30(32,33)13-19/h2-11,19H,12-15H2,1H3,(H,35,36,38)/b26-16-. The van der Waals surface area contributed by atoms with Crippen LogP contribution in [-0.2, 0) is 13.2 Å². The van der Waals surface area contributed by atoms with Crippen molar-refractivity contribution in [3.63, 3.8) is 0 Å². The van der Waals surface area contributed by atoms with Crippen LogP contribution in [0, 0.1) is 5.82 Å². The first-order chi connectivity index (χ1) is 19.3. The van der Waals surface area contributed by atoms with Crippen LogP contribution in [0.15, 0.2) is 70.0 Å². The number of nitrogens with zero attached hydrogens (tertiary/aromatic N) is 3. The highest BCUT2D eigenvalue weighted by molar-refractivity contribution is 5.99. The average Bonchev–Trinajstić information content (AvgIpc) is 3.47. The summed E-state index contributed by atoms with van der Waals surface area (Å²) in [5.41, 5.74) is 6.28. The second kappa shape index (κ2) is 8.97. The largest absolute Gasteiger partial charge is 0.488 e. The molecule has 1 fully saturated rings. The van der Waals surface area contributed by atoms with Gasteiger partial charge in [-0.15, -0.1) is 0 Å². The molecule has 40 heavy (non-hydrogen) atoms. The van der Waals surface area contributed by atoms with Crippen LogP contribution < -0.4 is 10.5 Å². The van der Waals surface area contributed by atoms with Gasteiger partial charge in [-0.05, 0) is 59.5 Å². The number of benzene rings is 3. The Labute approximate surface area is 225 Å². The first kappa shape index (κ1) is 24.4. The molecule has 0 amide bonds. The molecule has 1 saturated carbocycles. The Kier molecular flexibility index (Phi) is 5.48. The van der Waals surface area contributed by atoms with Crippen LogP contribution in [0.1, 0.15) is 59.6 Å². The second-order valence-electron chi connectivity index (χ2n) is 10.4. The van der Waals surface area contributed by atoms with Gasteiger partial charge in [0.05, 0.1) is 11.0 Å². The zero-order chi connectivity index (χ0) is 27.6. The monoisotopic (exact) mass is 544 g/mol. The fourth-order valence-electron chi connectivity index (χ4n) is 5.74. The lowest BCUT2D eigenvalue weighted by atomic mass is 9.80. The van der Waals surface area contributed by atoms with Gasteiger partial charge in [0.1, 0.15) is 24.0 Å². The second-order valence-corrected chi connectivity index (χ2v) is 10.4. The van der Waals surface area contributed by atoms with Crippen LogP contribution in [0.3, 0.4) is 0 Å². The third-order valence-electron chi connectivity index (χ3n) is 7.69. The number of hydrogen-bond donors (Lipinski definition) is 1. The average molecular weight is 545 g/mol. The van der Waals surface area contributed by atoms with Crippen molar-refractivity contribution >= 4 is 22.2 Å². The van der Waals surface area contributed by atoms with Crippen LogP contribution in [0.25, 0.3) is 22.2 Å². The highest BCUT2D eigenvalue weighted by Crippen LogP contribution is 2.48. The number of allylic oxidation sites excluding steroid dienone is 1. The third-order valence-corrected chi connectivity index (χ3v) is 7.69. The molecule has 1 aliphatic heterocycles. The summed E-state index contributed by atoms with van der Waals surface area (Å²) in [5, 5.41) is 3.85. The summed E-state index contributed by atoms with van der Waals surface area (Å²) in [6, 6.07) is 17.9. The SMILES string of the molecule is C/C(=C1\c2ccc(Cn3c(C4CC(F)(F)C4)nc4ccccc43)cc2COc2cc(F)ccc21)c1noc(=O)[nH]1. The highest BCUT2D eigenvalue weighted by Gasteiger charge is 2.48. The van der Waals surface area contributed by atoms with E-state index in [0.29, 0.717) is 29.3 Å². The molecule has 7 nitrogen and oxygen atoms in total. The van der Waals surface area contributed by atoms with Crippen LogP contribution in [0.4, 0.5) is 13.2 Å². The number of rotatable bonds is 4. The van der Waals surface area contributed by atoms with E-state index >= 15 is 0 Å². The Bertz CT molecular complexity index is 1880. The van der Waals surface area contributed by atoms with E-state index in [4.69, 9.17) is 14.2 Å². The molecule has 1 aliphatic carbocycles. The predicted octanol–water partition coefficient (Wildman–Crippen LogP) is 6.28. The molecule has 2 aromatic heterocycles. The number of fused-ring (bicyclic) bond motifs is 3. The molecule has 0 bridgehead atoms. The normalized spacial score (nSPS) is 17.5. The first-order valence-corrected chi connectivity index (χ1v) is 12.9. The number of imidazole rings is 1. The van der Waals surface area contributed by atoms with Gasteiger partial charge < -0.3 is 9.30 Å². The lowest BCUT2D eigenvalue weighted by Gasteiger charge is -2.34. The van der Waals surface area contributed by atoms with Gasteiger partial charge in [-0.25, -0.2) is 22.9 Å². The lowest BCUT2D eigenvalue weighted by Crippen LogP contribution is -2.35. The molecule has 5 aromatic rings. The summed E-state index contributed by atoms with van der Waals surface area (Å²) < 4.78 is 54.5. The van der Waals surface area contributed by atoms with Crippen molar-refractivity contribution in [1.82, 2.24) is 19.7 Å². The van der Waals surface area contributed by atoms with E-state index in [2.05, 4.69) is 10.1 Å². The van der Waals surface area contributed by atoms with Gasteiger partial charge in [-0.1, -0.05) is 29.4 Å². The number of para-hydroxylation sites is 2. The molecule has 0 unspecified atom stereocenters. The van der Waals surface area contributed by atoms with Gasteiger partial charge in [0, 0.05) is 42.5 Å². The van der Waals surface area contributed by atoms with Gasteiger partial charge in [0.2, 0.25) is 5.92 Å². The topological polar surface area (TPSA) is 85.9 Å². The molecule has 1 N–H and O–H groups in total. The molecule has 3 heterocycles. The molecule has 0 spiro atoms. The van der Waals surface area contributed by atoms with Crippen LogP contribution in [-0.4, -0.2) is 25.6 Å². The van der Waals surface area contributed by atoms with Gasteiger partial charge >= 0.3 is 5.76 Å². The Balaban J connectivity index is 1.33. The first-order valence-electron chi connectivity index (χ1n) is 12.9. The maximum Gasteiger partial charge on any atom is 0.439 e. The summed E-state index contributed by atoms with van der Waals surface area (Å²) in [4.78, 5) is 19.0. The lowest BCUT2D eigenvalue weighted by molar-refractivity contribution is -0.0889. The molecule has 202 valence electrons. The number of aromatic amines is 1. The zero-order valence-electron chi connectivity index (χ0n) is 21.4. The van der Waals surface area contributed by atoms with E-state index in [-0.39, 0.29) is 31.2 Å². The van der Waals surface area contributed by atoms with Crippen molar-refractivity contribution in [3.8, 4) is 5.75 Å². The summed E-state index contributed by atoms with van der Waals surface area (Å²) >= 11 is 0. The predicted molar refractivity (Wildman–Crippen MR) is 142 cm³/mol. The van der Waals surface area contributed by atoms with Crippen molar-refractivity contribution in [2.45, 2.75) is 44.8 Å². The summed E-state index contributed by atoms with van der Waals surface area (Å²) in [5.74, 6) is -2.78. The minimum Gasteiger partial charge on any atom is -0.488 e. The van der Waals surface area contributed by atoms with Gasteiger partial charge in [0.25, 0.3) is 0 Å². The number of ether oxygens (including phenoxy) is 1. The van der Waals surface area contributed by atoms with Crippen LogP contribution in [0.5, 0.6) is 5.75 Å². The van der Waals surface area contributed by atoms with E-state index in [1.54, 1.807) is 13.0 Å². The summed E-state index contributed by atoms with van der Waals surface area (Å²) in [6.45, 7) is 2.41. The number of hydrogen-bond acceptors (Lipinski definition) is 5. The minimum atomic E-state index is -2.65. The molecule has 0 saturated heterocycles. The number of nitrogens with one attached hydrogen (secondary N) is 1. The van der Waals surface area contributed by atoms with Crippen molar-refractivity contribution in [3.05, 3.63) is 111 Å². The zero-order valence-corrected chi connectivity index (χ0v) is 21.4. The van der Waals surface area contributed by atoms with Gasteiger partial charge in [-0.3, -0.25) is 9.51 Å². The van der Waals surface area contributed by atoms with Crippen LogP contribution in [0.2, 0.25) is 0 Å². The molecule has 2 aliphatic rings. The van der Waals surface area contributed by atoms with E-state index in [1.807, 2.05) is 47.0 Å². The molecular weight excluding hydrogens is 521 g/mol. The number of H-pyrrole nitrogens is 1. The Morgan fingerprint density at radius 1 is 1.10 bits per heavy atom. The Hall–Kier alpha value is -4.60. The molecule has 0 atom stereocenters. The quantitative estimate of drug-likeness (QED) is 0.288. The smallest absolute Gasteiger partial charge is 0.439 e. The van der Waals surface area contributed by atoms with Crippen molar-refractivity contribution in [2.24, 2.45) is 0 Å². The van der Waals surface area contributed by atoms with E-state index in [0.717, 1.165) is 33.3 Å². The third kappa shape index (κ3) is 4.11. The fraction of sp³-hybridized carbons (Fsp3) is 0.233. The minimum absolute atomic E-state index is 0.179. The number of halogens is 3. The fourth-order valence-corrected chi connectivity index (χ4v) is 5.74. The number of aromatic nitrogens is 4. The Morgan fingerprint density at radius 3 is 2.67 bits per heavy atom. The maximum atomic E-state index is 14.2. The van der Waals surface area contributed by atoms with E-state index in [9.17, 15) is 18.0 Å². The molecular formula is C30H23F3N4O3. The van der Waals surface area contributed by atoms with Gasteiger partial charge in [0.15, 0.2) is 5.82 Å². The Morgan fingerprint density at radius 2 is 1.90 bits per heavy atom. The van der Waals surface area contributed by atoms with Gasteiger partial charge in [-0.2, -0.15) is 0 Å². The van der Waals surface area contributed by atoms with Crippen molar-refractivity contribution in [2.75, 3.05) is 0 Å². The summed E-state index contributed by atoms with van der Waals surface area (Å²) in [7, 11) is 0. The van der Waals surface area contributed by atoms with Crippen molar-refractivity contribution in [1.29, 1.82) is 0 Å². The highest BCUT2D eigenvalue weighted by atomic mass is 19.3. The summed E-state index contributed by atoms with van der Waals surface area (Å²) in [6.07, 6.45) is -0.415. The number of alkyl halides is 2. The van der Waals surface area contributed by atoms with Crippen molar-refractivity contribution < 1.29 is 22.4 Å².